The van der Waals surface area contributed by atoms with E-state index in [1.54, 1.807) is 24.3 Å². The molecular formula is C25H19NO3S. The third kappa shape index (κ3) is 3.13. The normalized spacial score (nSPS) is 13.9. The van der Waals surface area contributed by atoms with Gasteiger partial charge in [-0.15, -0.1) is 0 Å². The van der Waals surface area contributed by atoms with Gasteiger partial charge in [0.1, 0.15) is 12.4 Å². The first-order chi connectivity index (χ1) is 14.6. The van der Waals surface area contributed by atoms with Crippen molar-refractivity contribution in [3.63, 3.8) is 0 Å². The lowest BCUT2D eigenvalue weighted by Crippen LogP contribution is -2.21. The predicted molar refractivity (Wildman–Crippen MR) is 117 cm³/mol. The number of hydrogen-bond acceptors (Lipinski definition) is 4. The predicted octanol–water partition coefficient (Wildman–Crippen LogP) is 5.88. The highest BCUT2D eigenvalue weighted by Gasteiger charge is 2.34. The number of hydrogen-bond donors (Lipinski definition) is 0. The molecule has 1 aliphatic heterocycles. The number of benzene rings is 4. The Hall–Kier alpha value is -3.57. The summed E-state index contributed by atoms with van der Waals surface area (Å²) in [6, 6.07) is 31.9. The first-order valence-corrected chi connectivity index (χ1v) is 11.1. The summed E-state index contributed by atoms with van der Waals surface area (Å²) in [5.41, 5.74) is 3.27. The number of rotatable bonds is 4. The molecule has 148 valence electrons. The van der Waals surface area contributed by atoms with Crippen LogP contribution in [-0.2, 0) is 16.4 Å². The van der Waals surface area contributed by atoms with E-state index in [9.17, 15) is 8.42 Å². The summed E-state index contributed by atoms with van der Waals surface area (Å²) in [6.07, 6.45) is 0. The third-order valence-corrected chi connectivity index (χ3v) is 6.98. The lowest BCUT2D eigenvalue weighted by atomic mass is 10.2. The molecule has 4 nitrogen and oxygen atoms in total. The van der Waals surface area contributed by atoms with Gasteiger partial charge in [0.05, 0.1) is 21.2 Å². The van der Waals surface area contributed by atoms with Crippen LogP contribution in [0.1, 0.15) is 5.56 Å². The van der Waals surface area contributed by atoms with Crippen LogP contribution in [0.3, 0.4) is 0 Å². The van der Waals surface area contributed by atoms with Crippen molar-refractivity contribution < 1.29 is 13.2 Å². The van der Waals surface area contributed by atoms with Crippen molar-refractivity contribution >= 4 is 26.9 Å². The molecule has 0 amide bonds. The smallest absolute Gasteiger partial charge is 0.210 e. The van der Waals surface area contributed by atoms with Crippen molar-refractivity contribution in [3.05, 3.63) is 109 Å². The summed E-state index contributed by atoms with van der Waals surface area (Å²) in [5.74, 6) is 0.758. The SMILES string of the molecule is O=S1(=O)c2ccccc2N(c2ccc(OCc3ccccc3)cc2)c2ccccc21. The minimum absolute atomic E-state index is 0.313. The first kappa shape index (κ1) is 18.5. The molecular weight excluding hydrogens is 394 g/mol. The summed E-state index contributed by atoms with van der Waals surface area (Å²) in [6.45, 7) is 0.494. The van der Waals surface area contributed by atoms with Gasteiger partial charge in [0.25, 0.3) is 0 Å². The molecule has 5 rings (SSSR count). The van der Waals surface area contributed by atoms with Crippen LogP contribution < -0.4 is 9.64 Å². The topological polar surface area (TPSA) is 46.6 Å². The zero-order chi connectivity index (χ0) is 20.6. The van der Waals surface area contributed by atoms with Crippen molar-refractivity contribution in [3.8, 4) is 5.75 Å². The Balaban J connectivity index is 1.51. The van der Waals surface area contributed by atoms with Crippen LogP contribution in [0.15, 0.2) is 113 Å². The largest absolute Gasteiger partial charge is 0.489 e. The van der Waals surface area contributed by atoms with Gasteiger partial charge in [-0.2, -0.15) is 0 Å². The summed E-state index contributed by atoms with van der Waals surface area (Å²) >= 11 is 0. The quantitative estimate of drug-likeness (QED) is 0.369. The van der Waals surface area contributed by atoms with Gasteiger partial charge in [-0.05, 0) is 54.1 Å². The fourth-order valence-corrected chi connectivity index (χ4v) is 5.32. The first-order valence-electron chi connectivity index (χ1n) is 9.65. The summed E-state index contributed by atoms with van der Waals surface area (Å²) in [5, 5.41) is 0. The molecule has 30 heavy (non-hydrogen) atoms. The van der Waals surface area contributed by atoms with Crippen LogP contribution in [-0.4, -0.2) is 8.42 Å². The highest BCUT2D eigenvalue weighted by Crippen LogP contribution is 2.47. The maximum Gasteiger partial charge on any atom is 0.210 e. The molecule has 0 atom stereocenters. The van der Waals surface area contributed by atoms with Crippen LogP contribution in [0.2, 0.25) is 0 Å². The Kier molecular flexibility index (Phi) is 4.52. The fraction of sp³-hybridized carbons (Fsp3) is 0.0400. The number of nitrogens with zero attached hydrogens (tertiary/aromatic N) is 1. The van der Waals surface area contributed by atoms with Gasteiger partial charge in [-0.25, -0.2) is 8.42 Å². The van der Waals surface area contributed by atoms with Crippen molar-refractivity contribution in [2.24, 2.45) is 0 Å². The lowest BCUT2D eigenvalue weighted by molar-refractivity contribution is 0.306. The molecule has 0 aliphatic carbocycles. The molecule has 0 saturated heterocycles. The standard InChI is InChI=1S/C25H19NO3S/c27-30(28)24-12-6-4-10-22(24)26(23-11-5-7-13-25(23)30)20-14-16-21(17-15-20)29-18-19-8-2-1-3-9-19/h1-17H,18H2. The highest BCUT2D eigenvalue weighted by molar-refractivity contribution is 7.92. The van der Waals surface area contributed by atoms with E-state index in [0.29, 0.717) is 27.8 Å². The second kappa shape index (κ2) is 7.35. The Bertz CT molecular complexity index is 1250. The van der Waals surface area contributed by atoms with Gasteiger partial charge in [0.2, 0.25) is 9.84 Å². The van der Waals surface area contributed by atoms with Crippen LogP contribution in [0.25, 0.3) is 0 Å². The molecule has 0 radical (unpaired) electrons. The maximum atomic E-state index is 13.1. The van der Waals surface area contributed by atoms with E-state index in [0.717, 1.165) is 17.0 Å². The fourth-order valence-electron chi connectivity index (χ4n) is 3.70. The zero-order valence-corrected chi connectivity index (χ0v) is 16.9. The second-order valence-electron chi connectivity index (χ2n) is 7.04. The van der Waals surface area contributed by atoms with E-state index in [4.69, 9.17) is 4.74 Å². The maximum absolute atomic E-state index is 13.1. The molecule has 1 heterocycles. The van der Waals surface area contributed by atoms with E-state index in [1.165, 1.54) is 0 Å². The minimum atomic E-state index is -3.56. The molecule has 4 aromatic carbocycles. The van der Waals surface area contributed by atoms with Crippen molar-refractivity contribution in [1.29, 1.82) is 0 Å². The second-order valence-corrected chi connectivity index (χ2v) is 8.93. The Labute approximate surface area is 175 Å². The van der Waals surface area contributed by atoms with Crippen LogP contribution in [0.4, 0.5) is 17.1 Å². The molecule has 0 unspecified atom stereocenters. The molecule has 0 saturated carbocycles. The Morgan fingerprint density at radius 2 is 1.17 bits per heavy atom. The van der Waals surface area contributed by atoms with Crippen molar-refractivity contribution in [2.45, 2.75) is 16.4 Å². The summed E-state index contributed by atoms with van der Waals surface area (Å²) in [4.78, 5) is 2.60. The number of ether oxygens (including phenoxy) is 1. The Morgan fingerprint density at radius 1 is 0.633 bits per heavy atom. The van der Waals surface area contributed by atoms with E-state index < -0.39 is 9.84 Å². The van der Waals surface area contributed by atoms with Gasteiger partial charge in [-0.3, -0.25) is 0 Å². The molecule has 0 N–H and O–H groups in total. The molecule has 0 aromatic heterocycles. The minimum Gasteiger partial charge on any atom is -0.489 e. The summed E-state index contributed by atoms with van der Waals surface area (Å²) in [7, 11) is -3.56. The molecule has 0 bridgehead atoms. The third-order valence-electron chi connectivity index (χ3n) is 5.13. The number of sulfone groups is 1. The van der Waals surface area contributed by atoms with E-state index in [1.807, 2.05) is 83.8 Å². The molecule has 5 heteroatoms. The van der Waals surface area contributed by atoms with Gasteiger partial charge in [0, 0.05) is 5.69 Å². The number of para-hydroxylation sites is 2. The van der Waals surface area contributed by atoms with Crippen LogP contribution in [0.5, 0.6) is 5.75 Å². The molecule has 1 aliphatic rings. The molecule has 4 aromatic rings. The molecule has 0 fully saturated rings. The Morgan fingerprint density at radius 3 is 1.77 bits per heavy atom. The van der Waals surface area contributed by atoms with Crippen molar-refractivity contribution in [1.82, 2.24) is 0 Å². The van der Waals surface area contributed by atoms with Crippen LogP contribution in [0, 0.1) is 0 Å². The number of anilines is 3. The average molecular weight is 413 g/mol. The monoisotopic (exact) mass is 413 g/mol. The highest BCUT2D eigenvalue weighted by atomic mass is 32.2. The number of fused-ring (bicyclic) bond motifs is 2. The molecule has 0 spiro atoms. The summed E-state index contributed by atoms with van der Waals surface area (Å²) < 4.78 is 32.1. The van der Waals surface area contributed by atoms with Gasteiger partial charge < -0.3 is 9.64 Å². The van der Waals surface area contributed by atoms with Gasteiger partial charge in [-0.1, -0.05) is 54.6 Å². The van der Waals surface area contributed by atoms with E-state index >= 15 is 0 Å². The van der Waals surface area contributed by atoms with E-state index in [2.05, 4.69) is 0 Å². The van der Waals surface area contributed by atoms with Gasteiger partial charge in [0.15, 0.2) is 0 Å². The van der Waals surface area contributed by atoms with Gasteiger partial charge >= 0.3 is 0 Å². The average Bonchev–Trinajstić information content (AvgIpc) is 2.80. The van der Waals surface area contributed by atoms with E-state index in [-0.39, 0.29) is 0 Å². The lowest BCUT2D eigenvalue weighted by Gasteiger charge is -2.32. The van der Waals surface area contributed by atoms with Crippen molar-refractivity contribution in [2.75, 3.05) is 4.90 Å². The van der Waals surface area contributed by atoms with Crippen LogP contribution >= 0.6 is 0 Å². The zero-order valence-electron chi connectivity index (χ0n) is 16.1.